The lowest BCUT2D eigenvalue weighted by atomic mass is 10.6. The molecule has 46 valence electrons. The van der Waals surface area contributed by atoms with Gasteiger partial charge in [0, 0.05) is 0 Å². The molecule has 2 N–H and O–H groups in total. The average Bonchev–Trinajstić information content (AvgIpc) is 1.64. The molecule has 0 spiro atoms. The third kappa shape index (κ3) is 1.70. The fourth-order valence-corrected chi connectivity index (χ4v) is 5.73. The first kappa shape index (κ1) is 6.47. The van der Waals surface area contributed by atoms with Gasteiger partial charge >= 0.3 is 0 Å². The van der Waals surface area contributed by atoms with Crippen molar-refractivity contribution in [3.05, 3.63) is 0 Å². The van der Waals surface area contributed by atoms with E-state index in [1.807, 2.05) is 0 Å². The normalized spacial score (nSPS) is 26.2. The predicted molar refractivity (Wildman–Crippen MR) is 35.0 cm³/mol. The Morgan fingerprint density at radius 2 is 1.50 bits per heavy atom. The second kappa shape index (κ2) is 2.77. The van der Waals surface area contributed by atoms with Gasteiger partial charge in [0.2, 0.25) is 18.1 Å². The lowest BCUT2D eigenvalue weighted by Gasteiger charge is -2.16. The molecule has 2 nitrogen and oxygen atoms in total. The van der Waals surface area contributed by atoms with Gasteiger partial charge in [-0.1, -0.05) is 6.42 Å². The van der Waals surface area contributed by atoms with Gasteiger partial charge in [0.15, 0.2) is 0 Å². The van der Waals surface area contributed by atoms with Crippen molar-refractivity contribution in [2.45, 2.75) is 24.2 Å². The minimum atomic E-state index is -1.05. The molecule has 2 radical (unpaired) electrons. The van der Waals surface area contributed by atoms with Crippen LogP contribution in [0.15, 0.2) is 0 Å². The van der Waals surface area contributed by atoms with Crippen LogP contribution in [-0.4, -0.2) is 27.7 Å². The Hall–Kier alpha value is 0.354. The highest BCUT2D eigenvalue weighted by Gasteiger charge is 2.22. The second-order valence-corrected chi connectivity index (χ2v) is 6.84. The number of hydrogen-bond acceptors (Lipinski definition) is 2. The van der Waals surface area contributed by atoms with Crippen molar-refractivity contribution in [1.82, 2.24) is 0 Å². The fraction of sp³-hybridized carbons (Fsp3) is 1.00. The van der Waals surface area contributed by atoms with Gasteiger partial charge in [-0.05, 0) is 17.8 Å². The van der Waals surface area contributed by atoms with Gasteiger partial charge in [0.25, 0.3) is 0 Å². The Morgan fingerprint density at radius 1 is 1.00 bits per heavy atom. The van der Waals surface area contributed by atoms with E-state index >= 15 is 0 Å². The number of rotatable bonds is 0. The highest BCUT2D eigenvalue weighted by Crippen LogP contribution is 2.15. The van der Waals surface area contributed by atoms with Crippen molar-refractivity contribution in [2.24, 2.45) is 0 Å². The molecular weight excluding hydrogens is 136 g/mol. The van der Waals surface area contributed by atoms with Crippen LogP contribution in [0.4, 0.5) is 0 Å². The standard InChI is InChI=1S/C4H10O2Si2/c5-7-2-1-3-8(6)4-7/h5-6H,1-4H2. The molecule has 4 heteroatoms. The van der Waals surface area contributed by atoms with Gasteiger partial charge in [0.1, 0.15) is 0 Å². The molecule has 0 saturated carbocycles. The SMILES string of the molecule is O[Si]1CCC[Si](O)C1. The van der Waals surface area contributed by atoms with Gasteiger partial charge in [-0.2, -0.15) is 0 Å². The van der Waals surface area contributed by atoms with Crippen LogP contribution in [0.25, 0.3) is 0 Å². The molecule has 0 bridgehead atoms. The topological polar surface area (TPSA) is 40.5 Å². The van der Waals surface area contributed by atoms with Crippen molar-refractivity contribution in [2.75, 3.05) is 0 Å². The average molecular weight is 146 g/mol. The van der Waals surface area contributed by atoms with Gasteiger partial charge in [0.05, 0.1) is 0 Å². The molecule has 0 atom stereocenters. The molecule has 0 aromatic carbocycles. The van der Waals surface area contributed by atoms with E-state index in [-0.39, 0.29) is 0 Å². The summed E-state index contributed by atoms with van der Waals surface area (Å²) in [6.07, 6.45) is 1.07. The maximum absolute atomic E-state index is 9.05. The molecule has 8 heavy (non-hydrogen) atoms. The summed E-state index contributed by atoms with van der Waals surface area (Å²) in [5.74, 6) is 0. The monoisotopic (exact) mass is 146 g/mol. The molecule has 0 aliphatic carbocycles. The Bertz CT molecular complexity index is 70.4. The van der Waals surface area contributed by atoms with E-state index in [9.17, 15) is 0 Å². The molecule has 1 aliphatic rings. The van der Waals surface area contributed by atoms with Crippen LogP contribution >= 0.6 is 0 Å². The Labute approximate surface area is 52.6 Å². The summed E-state index contributed by atoms with van der Waals surface area (Å²) in [6, 6.07) is 2.00. The van der Waals surface area contributed by atoms with E-state index in [4.69, 9.17) is 9.59 Å². The van der Waals surface area contributed by atoms with E-state index in [1.54, 1.807) is 0 Å². The van der Waals surface area contributed by atoms with Crippen LogP contribution in [0.2, 0.25) is 17.8 Å². The molecular formula is C4H10O2Si2. The first-order valence-corrected chi connectivity index (χ1v) is 6.58. The van der Waals surface area contributed by atoms with E-state index in [0.717, 1.165) is 24.2 Å². The maximum atomic E-state index is 9.05. The summed E-state index contributed by atoms with van der Waals surface area (Å²) >= 11 is 0. The maximum Gasteiger partial charge on any atom is 0.206 e. The van der Waals surface area contributed by atoms with E-state index < -0.39 is 18.1 Å². The molecule has 0 amide bonds. The zero-order chi connectivity index (χ0) is 5.98. The largest absolute Gasteiger partial charge is 0.432 e. The molecule has 1 saturated heterocycles. The molecule has 1 rings (SSSR count). The summed E-state index contributed by atoms with van der Waals surface area (Å²) < 4.78 is 0. The fourth-order valence-electron chi connectivity index (χ4n) is 0.909. The third-order valence-electron chi connectivity index (χ3n) is 1.34. The lowest BCUT2D eigenvalue weighted by Crippen LogP contribution is -2.28. The first-order chi connectivity index (χ1) is 3.79. The molecule has 0 unspecified atom stereocenters. The molecule has 1 heterocycles. The highest BCUT2D eigenvalue weighted by molar-refractivity contribution is 6.71. The minimum absolute atomic E-state index is 0.787. The van der Waals surface area contributed by atoms with Gasteiger partial charge in [-0.25, -0.2) is 0 Å². The summed E-state index contributed by atoms with van der Waals surface area (Å²) in [6.45, 7) is 0. The highest BCUT2D eigenvalue weighted by atomic mass is 28.4. The Morgan fingerprint density at radius 3 is 1.75 bits per heavy atom. The van der Waals surface area contributed by atoms with Gasteiger partial charge < -0.3 is 9.59 Å². The van der Waals surface area contributed by atoms with Crippen LogP contribution in [0.1, 0.15) is 6.42 Å². The van der Waals surface area contributed by atoms with Crippen molar-refractivity contribution in [3.63, 3.8) is 0 Å². The quantitative estimate of drug-likeness (QED) is 0.468. The summed E-state index contributed by atoms with van der Waals surface area (Å²) in [4.78, 5) is 18.1. The molecule has 0 aromatic heterocycles. The second-order valence-electron chi connectivity index (χ2n) is 2.16. The summed E-state index contributed by atoms with van der Waals surface area (Å²) in [7, 11) is -2.09. The van der Waals surface area contributed by atoms with Crippen molar-refractivity contribution in [1.29, 1.82) is 0 Å². The summed E-state index contributed by atoms with van der Waals surface area (Å²) in [5.41, 5.74) is 0.787. The predicted octanol–water partition coefficient (Wildman–Crippen LogP) is -0.103. The zero-order valence-corrected chi connectivity index (χ0v) is 6.72. The van der Waals surface area contributed by atoms with E-state index in [1.165, 1.54) is 0 Å². The summed E-state index contributed by atoms with van der Waals surface area (Å²) in [5, 5.41) is 0. The van der Waals surface area contributed by atoms with Crippen LogP contribution < -0.4 is 0 Å². The lowest BCUT2D eigenvalue weighted by molar-refractivity contribution is 0.533. The van der Waals surface area contributed by atoms with Gasteiger partial charge in [-0.3, -0.25) is 0 Å². The van der Waals surface area contributed by atoms with E-state index in [2.05, 4.69) is 0 Å². The molecule has 1 fully saturated rings. The Kier molecular flexibility index (Phi) is 2.24. The smallest absolute Gasteiger partial charge is 0.206 e. The third-order valence-corrected chi connectivity index (χ3v) is 6.47. The van der Waals surface area contributed by atoms with Crippen molar-refractivity contribution >= 4 is 18.1 Å². The molecule has 1 aliphatic heterocycles. The minimum Gasteiger partial charge on any atom is -0.432 e. The van der Waals surface area contributed by atoms with Crippen LogP contribution in [0.3, 0.4) is 0 Å². The van der Waals surface area contributed by atoms with E-state index in [0.29, 0.717) is 0 Å². The van der Waals surface area contributed by atoms with Crippen molar-refractivity contribution in [3.8, 4) is 0 Å². The van der Waals surface area contributed by atoms with Crippen LogP contribution in [-0.2, 0) is 0 Å². The van der Waals surface area contributed by atoms with Crippen LogP contribution in [0.5, 0.6) is 0 Å². The zero-order valence-electron chi connectivity index (χ0n) is 4.72. The molecule has 0 aromatic rings. The Balaban J connectivity index is 2.23. The first-order valence-electron chi connectivity index (χ1n) is 2.86. The number of hydrogen-bond donors (Lipinski definition) is 2. The van der Waals surface area contributed by atoms with Crippen LogP contribution in [0, 0.1) is 0 Å². The van der Waals surface area contributed by atoms with Crippen molar-refractivity contribution < 1.29 is 9.59 Å². The van der Waals surface area contributed by atoms with Gasteiger partial charge in [-0.15, -0.1) is 0 Å².